The minimum absolute atomic E-state index is 0.141. The van der Waals surface area contributed by atoms with Crippen molar-refractivity contribution in [3.05, 3.63) is 29.1 Å². The summed E-state index contributed by atoms with van der Waals surface area (Å²) in [5.74, 6) is -1.90. The molecule has 1 amide bonds. The van der Waals surface area contributed by atoms with Gasteiger partial charge in [0, 0.05) is 5.69 Å². The van der Waals surface area contributed by atoms with Crippen molar-refractivity contribution >= 4 is 11.9 Å². The predicted molar refractivity (Wildman–Crippen MR) is 59.7 cm³/mol. The lowest BCUT2D eigenvalue weighted by atomic mass is 10.2. The number of nitrogens with zero attached hydrogens (tertiary/aromatic N) is 1. The molecular formula is C11H14N2O4. The molecule has 0 unspecified atom stereocenters. The molecule has 1 aromatic heterocycles. The van der Waals surface area contributed by atoms with Crippen LogP contribution in [0.5, 0.6) is 0 Å². The second-order valence-electron chi connectivity index (χ2n) is 3.72. The summed E-state index contributed by atoms with van der Waals surface area (Å²) in [5.41, 5.74) is 1.67. The van der Waals surface area contributed by atoms with E-state index < -0.39 is 24.5 Å². The summed E-state index contributed by atoms with van der Waals surface area (Å²) in [6, 6.07) is 2.04. The first kappa shape index (κ1) is 13.1. The van der Waals surface area contributed by atoms with Gasteiger partial charge in [-0.2, -0.15) is 0 Å². The molecule has 0 aliphatic carbocycles. The Morgan fingerprint density at radius 3 is 2.53 bits per heavy atom. The molecule has 1 heterocycles. The van der Waals surface area contributed by atoms with Gasteiger partial charge in [-0.05, 0) is 31.5 Å². The summed E-state index contributed by atoms with van der Waals surface area (Å²) in [6.45, 7) is 2.89. The van der Waals surface area contributed by atoms with Crippen molar-refractivity contribution < 1.29 is 19.8 Å². The highest BCUT2D eigenvalue weighted by atomic mass is 16.4. The molecule has 3 N–H and O–H groups in total. The first-order valence-corrected chi connectivity index (χ1v) is 5.04. The summed E-state index contributed by atoms with van der Waals surface area (Å²) in [4.78, 5) is 26.3. The monoisotopic (exact) mass is 238 g/mol. The van der Waals surface area contributed by atoms with Crippen LogP contribution in [0.2, 0.25) is 0 Å². The maximum atomic E-state index is 11.7. The zero-order valence-corrected chi connectivity index (χ0v) is 9.60. The Balaban J connectivity index is 2.86. The molecule has 17 heavy (non-hydrogen) atoms. The van der Waals surface area contributed by atoms with Gasteiger partial charge in [-0.3, -0.25) is 4.79 Å². The van der Waals surface area contributed by atoms with E-state index in [0.717, 1.165) is 5.56 Å². The number of aryl methyl sites for hydroxylation is 2. The minimum atomic E-state index is -1.31. The van der Waals surface area contributed by atoms with Gasteiger partial charge in [-0.1, -0.05) is 0 Å². The molecule has 0 bridgehead atoms. The minimum Gasteiger partial charge on any atom is -0.480 e. The molecule has 0 saturated heterocycles. The largest absolute Gasteiger partial charge is 0.480 e. The molecule has 1 rings (SSSR count). The smallest absolute Gasteiger partial charge is 0.328 e. The van der Waals surface area contributed by atoms with E-state index in [1.807, 2.05) is 6.92 Å². The molecule has 6 nitrogen and oxygen atoms in total. The molecule has 0 spiro atoms. The molecule has 0 saturated carbocycles. The van der Waals surface area contributed by atoms with Gasteiger partial charge >= 0.3 is 5.97 Å². The van der Waals surface area contributed by atoms with E-state index in [1.165, 1.54) is 0 Å². The number of hydrogen-bond donors (Lipinski definition) is 3. The van der Waals surface area contributed by atoms with Gasteiger partial charge in [0.2, 0.25) is 0 Å². The van der Waals surface area contributed by atoms with Crippen LogP contribution in [-0.2, 0) is 4.79 Å². The van der Waals surface area contributed by atoms with E-state index in [4.69, 9.17) is 10.2 Å². The Labute approximate surface area is 98.3 Å². The van der Waals surface area contributed by atoms with Crippen LogP contribution < -0.4 is 5.32 Å². The third kappa shape index (κ3) is 3.53. The van der Waals surface area contributed by atoms with E-state index in [-0.39, 0.29) is 5.69 Å². The zero-order chi connectivity index (χ0) is 13.0. The summed E-state index contributed by atoms with van der Waals surface area (Å²) in [6.07, 6.45) is 0. The van der Waals surface area contributed by atoms with Crippen LogP contribution in [0.4, 0.5) is 0 Å². The van der Waals surface area contributed by atoms with Crippen molar-refractivity contribution in [1.29, 1.82) is 0 Å². The van der Waals surface area contributed by atoms with Gasteiger partial charge in [-0.25, -0.2) is 9.78 Å². The van der Waals surface area contributed by atoms with Crippen molar-refractivity contribution in [2.75, 3.05) is 6.61 Å². The Morgan fingerprint density at radius 1 is 1.41 bits per heavy atom. The third-order valence-corrected chi connectivity index (χ3v) is 2.12. The van der Waals surface area contributed by atoms with Crippen molar-refractivity contribution in [3.63, 3.8) is 0 Å². The maximum absolute atomic E-state index is 11.7. The molecule has 0 aliphatic rings. The third-order valence-electron chi connectivity index (χ3n) is 2.12. The number of pyridine rings is 1. The SMILES string of the molecule is Cc1cc(C)nc(C(=O)N[C@@H](CO)C(=O)O)c1. The number of aliphatic hydroxyl groups excluding tert-OH is 1. The summed E-state index contributed by atoms with van der Waals surface area (Å²) in [7, 11) is 0. The number of aliphatic carboxylic acids is 1. The van der Waals surface area contributed by atoms with E-state index in [2.05, 4.69) is 10.3 Å². The highest BCUT2D eigenvalue weighted by Crippen LogP contribution is 2.04. The van der Waals surface area contributed by atoms with Crippen LogP contribution >= 0.6 is 0 Å². The average molecular weight is 238 g/mol. The molecule has 1 atom stereocenters. The van der Waals surface area contributed by atoms with Crippen LogP contribution in [-0.4, -0.2) is 39.7 Å². The number of carbonyl (C=O) groups is 2. The molecule has 1 aromatic rings. The zero-order valence-electron chi connectivity index (χ0n) is 9.60. The number of carboxylic acids is 1. The maximum Gasteiger partial charge on any atom is 0.328 e. The second-order valence-corrected chi connectivity index (χ2v) is 3.72. The van der Waals surface area contributed by atoms with Crippen molar-refractivity contribution in [2.45, 2.75) is 19.9 Å². The molecule has 0 aliphatic heterocycles. The Bertz CT molecular complexity index is 425. The van der Waals surface area contributed by atoms with Crippen molar-refractivity contribution in [1.82, 2.24) is 10.3 Å². The normalized spacial score (nSPS) is 11.9. The fourth-order valence-corrected chi connectivity index (χ4v) is 1.38. The van der Waals surface area contributed by atoms with Crippen LogP contribution in [0, 0.1) is 13.8 Å². The number of carbonyl (C=O) groups excluding carboxylic acids is 1. The number of hydrogen-bond acceptors (Lipinski definition) is 4. The van der Waals surface area contributed by atoms with Gasteiger partial charge in [0.1, 0.15) is 5.69 Å². The van der Waals surface area contributed by atoms with Crippen molar-refractivity contribution in [2.24, 2.45) is 0 Å². The average Bonchev–Trinajstić information content (AvgIpc) is 2.23. The number of nitrogens with one attached hydrogen (secondary N) is 1. The molecule has 92 valence electrons. The first-order valence-electron chi connectivity index (χ1n) is 5.04. The quantitative estimate of drug-likeness (QED) is 0.678. The van der Waals surface area contributed by atoms with E-state index in [0.29, 0.717) is 5.69 Å². The predicted octanol–water partition coefficient (Wildman–Crippen LogP) is -0.126. The lowest BCUT2D eigenvalue weighted by Gasteiger charge is -2.11. The fraction of sp³-hybridized carbons (Fsp3) is 0.364. The number of aromatic nitrogens is 1. The molecule has 6 heteroatoms. The standard InChI is InChI=1S/C11H14N2O4/c1-6-3-7(2)12-8(4-6)10(15)13-9(5-14)11(16)17/h3-4,9,14H,5H2,1-2H3,(H,13,15)(H,16,17)/t9-/m0/s1. The van der Waals surface area contributed by atoms with Gasteiger partial charge in [0.15, 0.2) is 6.04 Å². The summed E-state index contributed by atoms with van der Waals surface area (Å²) in [5, 5.41) is 19.7. The Hall–Kier alpha value is -1.95. The van der Waals surface area contributed by atoms with Crippen LogP contribution in [0.15, 0.2) is 12.1 Å². The molecular weight excluding hydrogens is 224 g/mol. The lowest BCUT2D eigenvalue weighted by Crippen LogP contribution is -2.43. The Kier molecular flexibility index (Phi) is 4.17. The fourth-order valence-electron chi connectivity index (χ4n) is 1.38. The van der Waals surface area contributed by atoms with Gasteiger partial charge in [0.25, 0.3) is 5.91 Å². The number of rotatable bonds is 4. The van der Waals surface area contributed by atoms with Gasteiger partial charge in [-0.15, -0.1) is 0 Å². The lowest BCUT2D eigenvalue weighted by molar-refractivity contribution is -0.140. The molecule has 0 aromatic carbocycles. The topological polar surface area (TPSA) is 99.5 Å². The number of carboxylic acid groups (broad SMARTS) is 1. The number of aliphatic hydroxyl groups is 1. The van der Waals surface area contributed by atoms with Crippen LogP contribution in [0.25, 0.3) is 0 Å². The summed E-state index contributed by atoms with van der Waals surface area (Å²) >= 11 is 0. The van der Waals surface area contributed by atoms with Crippen LogP contribution in [0.3, 0.4) is 0 Å². The van der Waals surface area contributed by atoms with Crippen LogP contribution in [0.1, 0.15) is 21.7 Å². The first-order chi connectivity index (χ1) is 7.93. The number of amides is 1. The molecule has 0 fully saturated rings. The highest BCUT2D eigenvalue weighted by molar-refractivity contribution is 5.95. The molecule has 0 radical (unpaired) electrons. The Morgan fingerprint density at radius 2 is 2.06 bits per heavy atom. The van der Waals surface area contributed by atoms with E-state index in [1.54, 1.807) is 19.1 Å². The van der Waals surface area contributed by atoms with Crippen molar-refractivity contribution in [3.8, 4) is 0 Å². The van der Waals surface area contributed by atoms with E-state index >= 15 is 0 Å². The summed E-state index contributed by atoms with van der Waals surface area (Å²) < 4.78 is 0. The van der Waals surface area contributed by atoms with E-state index in [9.17, 15) is 9.59 Å². The highest BCUT2D eigenvalue weighted by Gasteiger charge is 2.20. The van der Waals surface area contributed by atoms with Gasteiger partial charge in [0.05, 0.1) is 6.61 Å². The second kappa shape index (κ2) is 5.40. The van der Waals surface area contributed by atoms with Gasteiger partial charge < -0.3 is 15.5 Å².